The first kappa shape index (κ1) is 14.1. The van der Waals surface area contributed by atoms with Crippen LogP contribution in [0.4, 0.5) is 0 Å². The van der Waals surface area contributed by atoms with E-state index < -0.39 is 11.9 Å². The third-order valence-electron chi connectivity index (χ3n) is 0.831. The van der Waals surface area contributed by atoms with E-state index >= 15 is 0 Å². The Balaban J connectivity index is 0. The smallest absolute Gasteiger partial charge is 0.550 e. The number of carboxylic acids is 1. The quantitative estimate of drug-likeness (QED) is 0.254. The minimum absolute atomic E-state index is 0. The molecule has 0 amide bonds. The normalized spacial score (nSPS) is 8.09. The van der Waals surface area contributed by atoms with Gasteiger partial charge in [0.15, 0.2) is 0 Å². The fourth-order valence-corrected chi connectivity index (χ4v) is 0.432. The zero-order valence-electron chi connectivity index (χ0n) is 6.75. The van der Waals surface area contributed by atoms with Crippen LogP contribution in [0, 0.1) is 0 Å². The molecule has 0 radical (unpaired) electrons. The summed E-state index contributed by atoms with van der Waals surface area (Å²) < 4.78 is 4.46. The van der Waals surface area contributed by atoms with Gasteiger partial charge in [-0.15, -0.1) is 0 Å². The third kappa shape index (κ3) is 13.6. The minimum atomic E-state index is -1.12. The summed E-state index contributed by atoms with van der Waals surface area (Å²) in [7, 11) is 0. The zero-order valence-corrected chi connectivity index (χ0v) is 9.88. The van der Waals surface area contributed by atoms with Crippen LogP contribution in [-0.2, 0) is 14.3 Å². The van der Waals surface area contributed by atoms with Crippen LogP contribution in [0.1, 0.15) is 19.8 Å². The van der Waals surface area contributed by atoms with E-state index in [2.05, 4.69) is 4.74 Å². The molecule has 0 aromatic heterocycles. The van der Waals surface area contributed by atoms with Crippen molar-refractivity contribution in [1.82, 2.24) is 0 Å². The topological polar surface area (TPSA) is 66.4 Å². The Kier molecular flexibility index (Phi) is 11.1. The molecule has 0 aliphatic heterocycles. The number of ether oxygens (including phenoxy) is 1. The number of hydrogen-bond donors (Lipinski definition) is 0. The van der Waals surface area contributed by atoms with E-state index in [-0.39, 0.29) is 64.4 Å². The number of aliphatic carboxylic acids is 1. The van der Waals surface area contributed by atoms with Crippen molar-refractivity contribution < 1.29 is 70.8 Å². The zero-order chi connectivity index (χ0) is 7.98. The van der Waals surface area contributed by atoms with E-state index in [0.29, 0.717) is 6.42 Å². The van der Waals surface area contributed by atoms with Crippen molar-refractivity contribution >= 4 is 11.9 Å². The molecule has 0 saturated heterocycles. The van der Waals surface area contributed by atoms with E-state index in [1.54, 1.807) is 0 Å². The van der Waals surface area contributed by atoms with Crippen molar-refractivity contribution in [2.24, 2.45) is 0 Å². The molecule has 0 bridgehead atoms. The fraction of sp³-hybridized carbons (Fsp3) is 0.667. The first-order valence-corrected chi connectivity index (χ1v) is 2.96. The maximum Gasteiger partial charge on any atom is 1.00 e. The van der Waals surface area contributed by atoms with E-state index in [9.17, 15) is 14.7 Å². The molecule has 0 aromatic rings. The van der Waals surface area contributed by atoms with Gasteiger partial charge in [-0.3, -0.25) is 4.79 Å². The first-order valence-electron chi connectivity index (χ1n) is 2.96. The van der Waals surface area contributed by atoms with E-state index in [1.807, 2.05) is 0 Å². The van der Waals surface area contributed by atoms with Crippen molar-refractivity contribution in [2.45, 2.75) is 19.8 Å². The molecule has 5 heteroatoms. The van der Waals surface area contributed by atoms with Crippen molar-refractivity contribution in [2.75, 3.05) is 6.61 Å². The second-order valence-electron chi connectivity index (χ2n) is 1.82. The largest absolute Gasteiger partial charge is 1.00 e. The summed E-state index contributed by atoms with van der Waals surface area (Å²) in [6.45, 7) is 1.43. The number of carbonyl (C=O) groups excluding carboxylic acids is 2. The van der Waals surface area contributed by atoms with E-state index in [4.69, 9.17) is 0 Å². The fourth-order valence-electron chi connectivity index (χ4n) is 0.432. The first-order chi connectivity index (χ1) is 4.63. The van der Waals surface area contributed by atoms with Crippen LogP contribution in [0.5, 0.6) is 0 Å². The minimum Gasteiger partial charge on any atom is -0.550 e. The Hall–Kier alpha value is 0.576. The molecule has 0 unspecified atom stereocenters. The van der Waals surface area contributed by atoms with Gasteiger partial charge in [-0.05, 0) is 12.8 Å². The van der Waals surface area contributed by atoms with Gasteiger partial charge in [0.1, 0.15) is 0 Å². The maximum atomic E-state index is 10.1. The van der Waals surface area contributed by atoms with Gasteiger partial charge in [-0.25, -0.2) is 0 Å². The monoisotopic (exact) mass is 184 g/mol. The van der Waals surface area contributed by atoms with Gasteiger partial charge in [-0.2, -0.15) is 0 Å². The molecule has 0 aliphatic carbocycles. The van der Waals surface area contributed by atoms with Crippen molar-refractivity contribution in [3.63, 3.8) is 0 Å². The molecule has 0 heterocycles. The SMILES string of the molecule is CC(=O)OCCCC(=O)[O-].[K+]. The number of carboxylic acid groups (broad SMARTS) is 1. The Bertz CT molecular complexity index is 119. The summed E-state index contributed by atoms with van der Waals surface area (Å²) in [5.74, 6) is -1.51. The predicted molar refractivity (Wildman–Crippen MR) is 30.9 cm³/mol. The molecule has 0 aromatic carbocycles. The van der Waals surface area contributed by atoms with E-state index in [1.165, 1.54) is 6.92 Å². The molecule has 58 valence electrons. The van der Waals surface area contributed by atoms with Gasteiger partial charge in [0.25, 0.3) is 0 Å². The molecule has 0 N–H and O–H groups in total. The summed E-state index contributed by atoms with van der Waals surface area (Å²) >= 11 is 0. The summed E-state index contributed by atoms with van der Waals surface area (Å²) in [5, 5.41) is 9.79. The molecule has 0 fully saturated rings. The Morgan fingerprint density at radius 1 is 1.45 bits per heavy atom. The molecule has 11 heavy (non-hydrogen) atoms. The van der Waals surface area contributed by atoms with Gasteiger partial charge in [0, 0.05) is 12.9 Å². The molecule has 4 nitrogen and oxygen atoms in total. The summed E-state index contributed by atoms with van der Waals surface area (Å²) in [4.78, 5) is 19.9. The molecule has 0 spiro atoms. The van der Waals surface area contributed by atoms with Crippen molar-refractivity contribution in [1.29, 1.82) is 0 Å². The van der Waals surface area contributed by atoms with Gasteiger partial charge >= 0.3 is 57.4 Å². The summed E-state index contributed by atoms with van der Waals surface area (Å²) in [6, 6.07) is 0. The predicted octanol–water partition coefficient (Wildman–Crippen LogP) is -3.92. The Morgan fingerprint density at radius 2 is 2.00 bits per heavy atom. The van der Waals surface area contributed by atoms with Crippen LogP contribution in [0.3, 0.4) is 0 Å². The number of rotatable bonds is 4. The molecule has 0 aliphatic rings. The maximum absolute atomic E-state index is 10.1. The van der Waals surface area contributed by atoms with Crippen molar-refractivity contribution in [3.05, 3.63) is 0 Å². The van der Waals surface area contributed by atoms with E-state index in [0.717, 1.165) is 0 Å². The molecule has 0 atom stereocenters. The van der Waals surface area contributed by atoms with Crippen LogP contribution in [0.25, 0.3) is 0 Å². The van der Waals surface area contributed by atoms with Crippen LogP contribution < -0.4 is 56.5 Å². The van der Waals surface area contributed by atoms with Crippen LogP contribution >= 0.6 is 0 Å². The van der Waals surface area contributed by atoms with Crippen LogP contribution in [0.15, 0.2) is 0 Å². The average Bonchev–Trinajstić information content (AvgIpc) is 1.79. The van der Waals surface area contributed by atoms with Gasteiger partial charge < -0.3 is 14.6 Å². The third-order valence-corrected chi connectivity index (χ3v) is 0.831. The standard InChI is InChI=1S/C6H10O4.K/c1-5(7)10-4-2-3-6(8)9;/h2-4H2,1H3,(H,8,9);/q;+1/p-1. The van der Waals surface area contributed by atoms with Gasteiger partial charge in [-0.1, -0.05) is 0 Å². The number of hydrogen-bond acceptors (Lipinski definition) is 4. The van der Waals surface area contributed by atoms with Crippen molar-refractivity contribution in [3.8, 4) is 0 Å². The summed E-state index contributed by atoms with van der Waals surface area (Å²) in [5.41, 5.74) is 0. The second kappa shape index (κ2) is 8.67. The van der Waals surface area contributed by atoms with Gasteiger partial charge in [0.2, 0.25) is 0 Å². The average molecular weight is 184 g/mol. The second-order valence-corrected chi connectivity index (χ2v) is 1.82. The van der Waals surface area contributed by atoms with Crippen LogP contribution in [-0.4, -0.2) is 18.5 Å². The molecule has 0 rings (SSSR count). The van der Waals surface area contributed by atoms with Crippen LogP contribution in [0.2, 0.25) is 0 Å². The molecule has 0 saturated carbocycles. The Labute approximate surface area is 108 Å². The molecular weight excluding hydrogens is 175 g/mol. The molecular formula is C6H9KO4. The summed E-state index contributed by atoms with van der Waals surface area (Å²) in [6.07, 6.45) is 0.259. The van der Waals surface area contributed by atoms with Gasteiger partial charge in [0.05, 0.1) is 6.61 Å². The Morgan fingerprint density at radius 3 is 2.36 bits per heavy atom. The number of esters is 1. The number of carbonyl (C=O) groups is 2.